The van der Waals surface area contributed by atoms with Gasteiger partial charge in [0.2, 0.25) is 0 Å². The average molecular weight is 199 g/mol. The predicted molar refractivity (Wildman–Crippen MR) is 12.7 cm³/mol. The first-order chi connectivity index (χ1) is 2.00. The first-order valence-corrected chi connectivity index (χ1v) is 2.75. The Hall–Kier alpha value is 0.572. The standard InChI is InChI=1S/Cr.4O.H4Se/h;;;;;1H4/q;;;2*-1;+2. The second-order valence-corrected chi connectivity index (χ2v) is 1.68. The van der Waals surface area contributed by atoms with Gasteiger partial charge in [0.05, 0.1) is 0 Å². The molecule has 0 aromatic rings. The third-order valence-electron chi connectivity index (χ3n) is 0. The van der Waals surface area contributed by atoms with E-state index in [-0.39, 0.29) is 17.1 Å². The Morgan fingerprint density at radius 1 is 1.17 bits per heavy atom. The summed E-state index contributed by atoms with van der Waals surface area (Å²) in [7, 11) is 0. The second-order valence-electron chi connectivity index (χ2n) is 0.408. The fourth-order valence-electron chi connectivity index (χ4n) is 0. The van der Waals surface area contributed by atoms with Crippen molar-refractivity contribution in [1.82, 2.24) is 0 Å². The van der Waals surface area contributed by atoms with Crippen molar-refractivity contribution < 1.29 is 29.5 Å². The summed E-state index contributed by atoms with van der Waals surface area (Å²) in [6.45, 7) is 0. The molecule has 0 aromatic heterocycles. The van der Waals surface area contributed by atoms with Crippen molar-refractivity contribution in [3.05, 3.63) is 0 Å². The van der Waals surface area contributed by atoms with E-state index in [2.05, 4.69) is 0 Å². The summed E-state index contributed by atoms with van der Waals surface area (Å²) in [5, 5.41) is 0. The van der Waals surface area contributed by atoms with E-state index in [4.69, 9.17) is 15.9 Å². The van der Waals surface area contributed by atoms with Crippen molar-refractivity contribution in [2.45, 2.75) is 0 Å². The van der Waals surface area contributed by atoms with Gasteiger partial charge in [-0.05, 0) is 0 Å². The molecule has 6 heteroatoms. The molecular formula is H4CrO4Se. The van der Waals surface area contributed by atoms with Crippen molar-refractivity contribution in [2.24, 2.45) is 0 Å². The van der Waals surface area contributed by atoms with Crippen LogP contribution in [0.2, 0.25) is 0 Å². The van der Waals surface area contributed by atoms with Crippen LogP contribution in [0.4, 0.5) is 0 Å². The van der Waals surface area contributed by atoms with Crippen LogP contribution in [-0.2, 0) is 21.2 Å². The van der Waals surface area contributed by atoms with E-state index in [9.17, 15) is 0 Å². The first-order valence-electron chi connectivity index (χ1n) is 0.667. The summed E-state index contributed by atoms with van der Waals surface area (Å²) in [6.07, 6.45) is 0. The van der Waals surface area contributed by atoms with Crippen LogP contribution in [-0.4, -0.2) is 17.1 Å². The molecule has 0 amide bonds. The Kier molecular flexibility index (Phi) is 4.39. The Morgan fingerprint density at radius 2 is 1.17 bits per heavy atom. The van der Waals surface area contributed by atoms with E-state index < -0.39 is 13.6 Å². The summed E-state index contributed by atoms with van der Waals surface area (Å²) in [4.78, 5) is 0. The molecule has 0 atom stereocenters. The van der Waals surface area contributed by atoms with Crippen LogP contribution in [0, 0.1) is 0 Å². The fourth-order valence-corrected chi connectivity index (χ4v) is 0. The van der Waals surface area contributed by atoms with Crippen molar-refractivity contribution in [1.29, 1.82) is 0 Å². The zero-order valence-corrected chi connectivity index (χ0v) is 6.99. The van der Waals surface area contributed by atoms with Crippen molar-refractivity contribution in [2.75, 3.05) is 0 Å². The molecule has 0 saturated heterocycles. The molecule has 0 aliphatic heterocycles. The molecule has 0 spiro atoms. The number of hydrogen-bond acceptors (Lipinski definition) is 4. The Balaban J connectivity index is 0. The minimum absolute atomic E-state index is 0. The molecule has 0 saturated carbocycles. The van der Waals surface area contributed by atoms with Gasteiger partial charge in [-0.15, -0.1) is 0 Å². The molecule has 0 bridgehead atoms. The summed E-state index contributed by atoms with van der Waals surface area (Å²) >= 11 is -5.75. The first kappa shape index (κ1) is 9.76. The Morgan fingerprint density at radius 3 is 1.17 bits per heavy atom. The van der Waals surface area contributed by atoms with Gasteiger partial charge in [-0.1, -0.05) is 0 Å². The van der Waals surface area contributed by atoms with Crippen molar-refractivity contribution in [3.8, 4) is 0 Å². The third kappa shape index (κ3) is 178. The van der Waals surface area contributed by atoms with Gasteiger partial charge in [-0.3, -0.25) is 0 Å². The molecule has 0 radical (unpaired) electrons. The quantitative estimate of drug-likeness (QED) is 0.371. The van der Waals surface area contributed by atoms with Gasteiger partial charge < -0.3 is 0 Å². The summed E-state index contributed by atoms with van der Waals surface area (Å²) in [5.74, 6) is 0. The number of hydrogen-bond donors (Lipinski definition) is 0. The molecule has 40 valence electrons. The topological polar surface area (TPSA) is 80.3 Å². The fraction of sp³-hybridized carbons (Fsp3) is 0. The van der Waals surface area contributed by atoms with Crippen LogP contribution in [0.3, 0.4) is 0 Å². The van der Waals surface area contributed by atoms with E-state index in [1.807, 2.05) is 0 Å². The zero-order chi connectivity index (χ0) is 4.50. The molecular weight excluding hydrogens is 195 g/mol. The van der Waals surface area contributed by atoms with Crippen LogP contribution in [0.5, 0.6) is 0 Å². The zero-order valence-electron chi connectivity index (χ0n) is 2.75. The van der Waals surface area contributed by atoms with E-state index in [1.54, 1.807) is 0 Å². The molecule has 0 N–H and O–H groups in total. The monoisotopic (exact) mass is 200 g/mol. The van der Waals surface area contributed by atoms with Crippen molar-refractivity contribution >= 4 is 17.1 Å². The van der Waals surface area contributed by atoms with Crippen LogP contribution < -0.4 is 8.32 Å². The number of rotatable bonds is 0. The second kappa shape index (κ2) is 2.70. The van der Waals surface area contributed by atoms with E-state index >= 15 is 0 Å². The summed E-state index contributed by atoms with van der Waals surface area (Å²) in [6, 6.07) is 0. The van der Waals surface area contributed by atoms with E-state index in [1.165, 1.54) is 0 Å². The molecule has 0 aliphatic carbocycles. The van der Waals surface area contributed by atoms with Crippen LogP contribution in [0.25, 0.3) is 0 Å². The molecule has 0 fully saturated rings. The Bertz CT molecular complexity index is 90.7. The summed E-state index contributed by atoms with van der Waals surface area (Å²) < 4.78 is 34.4. The Labute approximate surface area is 47.0 Å². The van der Waals surface area contributed by atoms with Gasteiger partial charge in [-0.2, -0.15) is 0 Å². The minimum atomic E-state index is -5.75. The average Bonchev–Trinajstić information content (AvgIpc) is 0.722. The van der Waals surface area contributed by atoms with Crippen LogP contribution >= 0.6 is 0 Å². The molecule has 0 heterocycles. The molecule has 0 unspecified atom stereocenters. The maximum atomic E-state index is 8.59. The maximum absolute atomic E-state index is 8.59. The molecule has 4 nitrogen and oxygen atoms in total. The molecule has 0 aromatic carbocycles. The van der Waals surface area contributed by atoms with E-state index in [0.717, 1.165) is 0 Å². The molecule has 0 aliphatic rings. The predicted octanol–water partition coefficient (Wildman–Crippen LogP) is -4.07. The van der Waals surface area contributed by atoms with Gasteiger partial charge in [-0.25, -0.2) is 0 Å². The van der Waals surface area contributed by atoms with Gasteiger partial charge in [0.25, 0.3) is 0 Å². The van der Waals surface area contributed by atoms with Crippen LogP contribution in [0.15, 0.2) is 0 Å². The molecule has 0 rings (SSSR count). The molecule has 6 heavy (non-hydrogen) atoms. The SMILES string of the molecule is [O]=[Cr](=[O])([O-])[O-].[SeH4+2]. The normalized spacial score (nSPS) is 9.67. The van der Waals surface area contributed by atoms with Gasteiger partial charge in [0.15, 0.2) is 0 Å². The van der Waals surface area contributed by atoms with E-state index in [0.29, 0.717) is 0 Å². The van der Waals surface area contributed by atoms with Gasteiger partial charge >= 0.3 is 46.6 Å². The third-order valence-corrected chi connectivity index (χ3v) is 0. The van der Waals surface area contributed by atoms with Crippen molar-refractivity contribution in [3.63, 3.8) is 0 Å². The van der Waals surface area contributed by atoms with Gasteiger partial charge in [0, 0.05) is 0 Å². The van der Waals surface area contributed by atoms with Gasteiger partial charge in [0.1, 0.15) is 0 Å². The summed E-state index contributed by atoms with van der Waals surface area (Å²) in [5.41, 5.74) is 0. The van der Waals surface area contributed by atoms with Crippen LogP contribution in [0.1, 0.15) is 0 Å².